The summed E-state index contributed by atoms with van der Waals surface area (Å²) in [4.78, 5) is 26.7. The van der Waals surface area contributed by atoms with E-state index in [4.69, 9.17) is 27.9 Å². The maximum atomic E-state index is 12.8. The molecule has 7 heteroatoms. The molecule has 0 aliphatic carbocycles. The first-order valence-corrected chi connectivity index (χ1v) is 9.47. The molecule has 27 heavy (non-hydrogen) atoms. The second-order valence-corrected chi connectivity index (χ2v) is 6.70. The molecular formula is C20H22Cl2N2O3. The quantitative estimate of drug-likeness (QED) is 0.676. The van der Waals surface area contributed by atoms with Crippen LogP contribution in [0.1, 0.15) is 30.6 Å². The van der Waals surface area contributed by atoms with Gasteiger partial charge in [0.25, 0.3) is 5.91 Å². The van der Waals surface area contributed by atoms with E-state index >= 15 is 0 Å². The summed E-state index contributed by atoms with van der Waals surface area (Å²) < 4.78 is 5.39. The minimum absolute atomic E-state index is 0.0706. The first-order valence-electron chi connectivity index (χ1n) is 8.71. The highest BCUT2D eigenvalue weighted by molar-refractivity contribution is 6.36. The van der Waals surface area contributed by atoms with Crippen LogP contribution in [0.3, 0.4) is 0 Å². The summed E-state index contributed by atoms with van der Waals surface area (Å²) in [6.07, 6.45) is 0.734. The van der Waals surface area contributed by atoms with E-state index in [2.05, 4.69) is 5.32 Å². The topological polar surface area (TPSA) is 58.6 Å². The molecule has 2 rings (SSSR count). The van der Waals surface area contributed by atoms with Crippen molar-refractivity contribution in [2.45, 2.75) is 20.3 Å². The Labute approximate surface area is 169 Å². The minimum atomic E-state index is -0.327. The van der Waals surface area contributed by atoms with Crippen LogP contribution in [-0.2, 0) is 4.79 Å². The number of carbonyl (C=O) groups is 2. The van der Waals surface area contributed by atoms with Crippen LogP contribution in [0.5, 0.6) is 5.75 Å². The molecule has 2 aromatic rings. The summed E-state index contributed by atoms with van der Waals surface area (Å²) >= 11 is 11.9. The van der Waals surface area contributed by atoms with Gasteiger partial charge in [-0.3, -0.25) is 9.59 Å². The lowest BCUT2D eigenvalue weighted by Crippen LogP contribution is -2.38. The first-order chi connectivity index (χ1) is 12.9. The molecule has 5 nitrogen and oxygen atoms in total. The number of rotatable bonds is 8. The number of anilines is 1. The van der Waals surface area contributed by atoms with E-state index in [1.54, 1.807) is 42.5 Å². The van der Waals surface area contributed by atoms with Gasteiger partial charge < -0.3 is 15.0 Å². The maximum absolute atomic E-state index is 12.8. The molecule has 0 saturated carbocycles. The number of benzene rings is 2. The van der Waals surface area contributed by atoms with Gasteiger partial charge in [0, 0.05) is 17.1 Å². The van der Waals surface area contributed by atoms with Gasteiger partial charge >= 0.3 is 0 Å². The van der Waals surface area contributed by atoms with E-state index in [1.807, 2.05) is 13.8 Å². The molecule has 0 heterocycles. The molecule has 0 bridgehead atoms. The minimum Gasteiger partial charge on any atom is -0.494 e. The van der Waals surface area contributed by atoms with Crippen LogP contribution in [0.2, 0.25) is 10.0 Å². The first kappa shape index (κ1) is 21.1. The molecule has 2 amide bonds. The summed E-state index contributed by atoms with van der Waals surface area (Å²) in [5.74, 6) is 0.162. The van der Waals surface area contributed by atoms with Gasteiger partial charge in [-0.15, -0.1) is 0 Å². The Balaban J connectivity index is 2.06. The third-order valence-electron chi connectivity index (χ3n) is 3.73. The number of hydrogen-bond donors (Lipinski definition) is 1. The van der Waals surface area contributed by atoms with Crippen molar-refractivity contribution in [1.29, 1.82) is 0 Å². The lowest BCUT2D eigenvalue weighted by molar-refractivity contribution is -0.116. The average molecular weight is 409 g/mol. The van der Waals surface area contributed by atoms with Crippen LogP contribution in [0.15, 0.2) is 42.5 Å². The summed E-state index contributed by atoms with van der Waals surface area (Å²) in [6.45, 7) is 4.80. The Hall–Kier alpha value is -2.24. The molecular weight excluding hydrogens is 387 g/mol. The summed E-state index contributed by atoms with van der Waals surface area (Å²) in [5.41, 5.74) is 0.959. The third-order valence-corrected chi connectivity index (χ3v) is 4.28. The van der Waals surface area contributed by atoms with Crippen LogP contribution < -0.4 is 10.1 Å². The maximum Gasteiger partial charge on any atom is 0.254 e. The highest BCUT2D eigenvalue weighted by Gasteiger charge is 2.19. The van der Waals surface area contributed by atoms with Gasteiger partial charge in [0.05, 0.1) is 17.3 Å². The van der Waals surface area contributed by atoms with Crippen LogP contribution in [-0.4, -0.2) is 36.4 Å². The van der Waals surface area contributed by atoms with Gasteiger partial charge in [-0.25, -0.2) is 0 Å². The zero-order valence-electron chi connectivity index (χ0n) is 15.3. The molecule has 0 aromatic heterocycles. The van der Waals surface area contributed by atoms with E-state index in [0.29, 0.717) is 40.2 Å². The Bertz CT molecular complexity index is 794. The molecule has 0 spiro atoms. The second kappa shape index (κ2) is 10.2. The fourth-order valence-corrected chi connectivity index (χ4v) is 2.97. The van der Waals surface area contributed by atoms with Gasteiger partial charge in [0.2, 0.25) is 5.91 Å². The number of amides is 2. The van der Waals surface area contributed by atoms with Crippen molar-refractivity contribution in [2.75, 3.05) is 25.0 Å². The van der Waals surface area contributed by atoms with E-state index in [0.717, 1.165) is 6.42 Å². The fraction of sp³-hybridized carbons (Fsp3) is 0.300. The third kappa shape index (κ3) is 6.15. The summed E-state index contributed by atoms with van der Waals surface area (Å²) in [6, 6.07) is 11.7. The zero-order valence-corrected chi connectivity index (χ0v) is 16.8. The molecule has 2 aromatic carbocycles. The van der Waals surface area contributed by atoms with Crippen molar-refractivity contribution in [3.8, 4) is 5.75 Å². The molecule has 0 aliphatic heterocycles. The van der Waals surface area contributed by atoms with Crippen LogP contribution in [0.25, 0.3) is 0 Å². The van der Waals surface area contributed by atoms with Crippen molar-refractivity contribution >= 4 is 40.7 Å². The van der Waals surface area contributed by atoms with Crippen molar-refractivity contribution in [2.24, 2.45) is 0 Å². The lowest BCUT2D eigenvalue weighted by Gasteiger charge is -2.22. The largest absolute Gasteiger partial charge is 0.494 e. The van der Waals surface area contributed by atoms with E-state index < -0.39 is 0 Å². The van der Waals surface area contributed by atoms with E-state index in [1.165, 1.54) is 4.90 Å². The molecule has 0 fully saturated rings. The Morgan fingerprint density at radius 1 is 1.07 bits per heavy atom. The molecule has 0 aliphatic rings. The summed E-state index contributed by atoms with van der Waals surface area (Å²) in [5, 5.41) is 3.54. The average Bonchev–Trinajstić information content (AvgIpc) is 2.64. The lowest BCUT2D eigenvalue weighted by atomic mass is 10.2. The van der Waals surface area contributed by atoms with Crippen molar-refractivity contribution in [1.82, 2.24) is 4.90 Å². The van der Waals surface area contributed by atoms with Crippen molar-refractivity contribution in [3.05, 3.63) is 58.1 Å². The van der Waals surface area contributed by atoms with Crippen molar-refractivity contribution < 1.29 is 14.3 Å². The Morgan fingerprint density at radius 3 is 2.37 bits per heavy atom. The summed E-state index contributed by atoms with van der Waals surface area (Å²) in [7, 11) is 0. The standard InChI is InChI=1S/C20H22Cl2N2O3/c1-3-11-24(20(26)14-5-8-16(9-6-14)27-4-2)13-19(25)23-18-10-7-15(21)12-17(18)22/h5-10,12H,3-4,11,13H2,1-2H3,(H,23,25). The Kier molecular flexibility index (Phi) is 7.95. The number of ether oxygens (including phenoxy) is 1. The number of hydrogen-bond acceptors (Lipinski definition) is 3. The van der Waals surface area contributed by atoms with Crippen molar-refractivity contribution in [3.63, 3.8) is 0 Å². The Morgan fingerprint density at radius 2 is 1.78 bits per heavy atom. The smallest absolute Gasteiger partial charge is 0.254 e. The van der Waals surface area contributed by atoms with E-state index in [9.17, 15) is 9.59 Å². The monoisotopic (exact) mass is 408 g/mol. The van der Waals surface area contributed by atoms with Gasteiger partial charge in [0.15, 0.2) is 0 Å². The normalized spacial score (nSPS) is 10.4. The van der Waals surface area contributed by atoms with Gasteiger partial charge in [0.1, 0.15) is 12.3 Å². The molecule has 0 unspecified atom stereocenters. The van der Waals surface area contributed by atoms with Gasteiger partial charge in [-0.2, -0.15) is 0 Å². The number of nitrogens with one attached hydrogen (secondary N) is 1. The molecule has 0 saturated heterocycles. The SMILES string of the molecule is CCCN(CC(=O)Nc1ccc(Cl)cc1Cl)C(=O)c1ccc(OCC)cc1. The van der Waals surface area contributed by atoms with Gasteiger partial charge in [-0.05, 0) is 55.8 Å². The molecule has 1 N–H and O–H groups in total. The molecule has 0 radical (unpaired) electrons. The predicted molar refractivity (Wildman–Crippen MR) is 109 cm³/mol. The molecule has 0 atom stereocenters. The zero-order chi connectivity index (χ0) is 19.8. The van der Waals surface area contributed by atoms with Crippen LogP contribution in [0, 0.1) is 0 Å². The van der Waals surface area contributed by atoms with Crippen LogP contribution >= 0.6 is 23.2 Å². The molecule has 144 valence electrons. The highest BCUT2D eigenvalue weighted by Crippen LogP contribution is 2.25. The number of halogens is 2. The van der Waals surface area contributed by atoms with E-state index in [-0.39, 0.29) is 18.4 Å². The number of carbonyl (C=O) groups excluding carboxylic acids is 2. The highest BCUT2D eigenvalue weighted by atomic mass is 35.5. The van der Waals surface area contributed by atoms with Crippen LogP contribution in [0.4, 0.5) is 5.69 Å². The second-order valence-electron chi connectivity index (χ2n) is 5.86. The predicted octanol–water partition coefficient (Wildman–Crippen LogP) is 4.88. The number of nitrogens with zero attached hydrogens (tertiary/aromatic N) is 1. The van der Waals surface area contributed by atoms with Gasteiger partial charge in [-0.1, -0.05) is 30.1 Å². The fourth-order valence-electron chi connectivity index (χ4n) is 2.52.